The fraction of sp³-hybridized carbons (Fsp3) is 0.188. The maximum atomic E-state index is 12.7. The molecule has 0 saturated heterocycles. The highest BCUT2D eigenvalue weighted by Gasteiger charge is 2.18. The molecule has 0 fully saturated rings. The van der Waals surface area contributed by atoms with Gasteiger partial charge in [-0.1, -0.05) is 23.7 Å². The van der Waals surface area contributed by atoms with Gasteiger partial charge in [0.2, 0.25) is 0 Å². The SMILES string of the molecule is CCN(C(=O)c1cc(Cl)ccc1I)c1cccc(C)c1. The highest BCUT2D eigenvalue weighted by molar-refractivity contribution is 14.1. The molecule has 0 aliphatic rings. The van der Waals surface area contributed by atoms with Gasteiger partial charge >= 0.3 is 0 Å². The molecule has 0 aliphatic heterocycles. The van der Waals surface area contributed by atoms with Crippen molar-refractivity contribution in [2.75, 3.05) is 11.4 Å². The minimum Gasteiger partial charge on any atom is -0.309 e. The first-order valence-corrected chi connectivity index (χ1v) is 7.82. The van der Waals surface area contributed by atoms with E-state index in [0.717, 1.165) is 14.8 Å². The van der Waals surface area contributed by atoms with E-state index in [0.29, 0.717) is 17.1 Å². The van der Waals surface area contributed by atoms with Crippen LogP contribution in [0.5, 0.6) is 0 Å². The third-order valence-electron chi connectivity index (χ3n) is 3.03. The number of anilines is 1. The predicted molar refractivity (Wildman–Crippen MR) is 92.7 cm³/mol. The first kappa shape index (κ1) is 15.3. The average molecular weight is 400 g/mol. The van der Waals surface area contributed by atoms with Gasteiger partial charge in [-0.25, -0.2) is 0 Å². The summed E-state index contributed by atoms with van der Waals surface area (Å²) in [4.78, 5) is 14.5. The van der Waals surface area contributed by atoms with Gasteiger partial charge in [0, 0.05) is 20.8 Å². The molecule has 0 unspecified atom stereocenters. The van der Waals surface area contributed by atoms with Crippen LogP contribution < -0.4 is 4.90 Å². The lowest BCUT2D eigenvalue weighted by Crippen LogP contribution is -2.31. The molecule has 2 rings (SSSR count). The molecule has 2 nitrogen and oxygen atoms in total. The lowest BCUT2D eigenvalue weighted by atomic mass is 10.1. The molecule has 0 bridgehead atoms. The van der Waals surface area contributed by atoms with Crippen molar-refractivity contribution in [1.82, 2.24) is 0 Å². The van der Waals surface area contributed by atoms with Crippen molar-refractivity contribution in [3.63, 3.8) is 0 Å². The lowest BCUT2D eigenvalue weighted by Gasteiger charge is -2.22. The molecule has 0 heterocycles. The zero-order valence-electron chi connectivity index (χ0n) is 11.4. The molecular formula is C16H15ClINO. The molecule has 2 aromatic carbocycles. The minimum atomic E-state index is -0.0231. The first-order chi connectivity index (χ1) is 9.52. The Kier molecular flexibility index (Phi) is 5.05. The van der Waals surface area contributed by atoms with Crippen LogP contribution in [0.15, 0.2) is 42.5 Å². The normalized spacial score (nSPS) is 10.4. The van der Waals surface area contributed by atoms with E-state index in [1.165, 1.54) is 0 Å². The Morgan fingerprint density at radius 2 is 2.00 bits per heavy atom. The summed E-state index contributed by atoms with van der Waals surface area (Å²) >= 11 is 8.17. The fourth-order valence-corrected chi connectivity index (χ4v) is 2.78. The van der Waals surface area contributed by atoms with E-state index in [4.69, 9.17) is 11.6 Å². The van der Waals surface area contributed by atoms with Crippen LogP contribution >= 0.6 is 34.2 Å². The van der Waals surface area contributed by atoms with E-state index >= 15 is 0 Å². The summed E-state index contributed by atoms with van der Waals surface area (Å²) in [6.07, 6.45) is 0. The summed E-state index contributed by atoms with van der Waals surface area (Å²) in [7, 11) is 0. The monoisotopic (exact) mass is 399 g/mol. The molecule has 0 aromatic heterocycles. The number of rotatable bonds is 3. The van der Waals surface area contributed by atoms with Crippen LogP contribution in [-0.4, -0.2) is 12.5 Å². The van der Waals surface area contributed by atoms with Crippen molar-refractivity contribution in [3.05, 3.63) is 62.2 Å². The van der Waals surface area contributed by atoms with Gasteiger partial charge in [-0.3, -0.25) is 4.79 Å². The van der Waals surface area contributed by atoms with Crippen LogP contribution in [-0.2, 0) is 0 Å². The molecule has 0 spiro atoms. The summed E-state index contributed by atoms with van der Waals surface area (Å²) in [6.45, 7) is 4.60. The number of hydrogen-bond donors (Lipinski definition) is 0. The van der Waals surface area contributed by atoms with Gasteiger partial charge in [0.25, 0.3) is 5.91 Å². The second kappa shape index (κ2) is 6.59. The Hall–Kier alpha value is -1.07. The zero-order chi connectivity index (χ0) is 14.7. The van der Waals surface area contributed by atoms with Gasteiger partial charge in [0.15, 0.2) is 0 Å². The molecule has 20 heavy (non-hydrogen) atoms. The van der Waals surface area contributed by atoms with Crippen molar-refractivity contribution in [1.29, 1.82) is 0 Å². The molecular weight excluding hydrogens is 385 g/mol. The summed E-state index contributed by atoms with van der Waals surface area (Å²) in [5.74, 6) is -0.0231. The lowest BCUT2D eigenvalue weighted by molar-refractivity contribution is 0.0987. The van der Waals surface area contributed by atoms with E-state index in [1.807, 2.05) is 44.2 Å². The Morgan fingerprint density at radius 3 is 2.65 bits per heavy atom. The predicted octanol–water partition coefficient (Wildman–Crippen LogP) is 4.92. The second-order valence-electron chi connectivity index (χ2n) is 4.51. The molecule has 2 aromatic rings. The Morgan fingerprint density at radius 1 is 1.25 bits per heavy atom. The quantitative estimate of drug-likeness (QED) is 0.671. The summed E-state index contributed by atoms with van der Waals surface area (Å²) in [6, 6.07) is 13.3. The highest BCUT2D eigenvalue weighted by Crippen LogP contribution is 2.23. The molecule has 0 atom stereocenters. The second-order valence-corrected chi connectivity index (χ2v) is 6.11. The third kappa shape index (κ3) is 3.33. The Bertz CT molecular complexity index is 642. The van der Waals surface area contributed by atoms with Crippen LogP contribution in [0, 0.1) is 10.5 Å². The average Bonchev–Trinajstić information content (AvgIpc) is 2.42. The number of benzene rings is 2. The van der Waals surface area contributed by atoms with Crippen molar-refractivity contribution in [2.24, 2.45) is 0 Å². The standard InChI is InChI=1S/C16H15ClINO/c1-3-19(13-6-4-5-11(2)9-13)16(20)14-10-12(17)7-8-15(14)18/h4-10H,3H2,1-2H3. The summed E-state index contributed by atoms with van der Waals surface area (Å²) in [5.41, 5.74) is 2.68. The highest BCUT2D eigenvalue weighted by atomic mass is 127. The maximum Gasteiger partial charge on any atom is 0.259 e. The molecule has 4 heteroatoms. The van der Waals surface area contributed by atoms with Gasteiger partial charge in [-0.2, -0.15) is 0 Å². The molecule has 0 radical (unpaired) electrons. The topological polar surface area (TPSA) is 20.3 Å². The summed E-state index contributed by atoms with van der Waals surface area (Å²) in [5, 5.41) is 0.578. The van der Waals surface area contributed by atoms with Crippen LogP contribution in [0.25, 0.3) is 0 Å². The molecule has 0 saturated carbocycles. The number of nitrogens with zero attached hydrogens (tertiary/aromatic N) is 1. The smallest absolute Gasteiger partial charge is 0.259 e. The van der Waals surface area contributed by atoms with Crippen molar-refractivity contribution in [2.45, 2.75) is 13.8 Å². The number of amides is 1. The van der Waals surface area contributed by atoms with Crippen LogP contribution in [0.3, 0.4) is 0 Å². The van der Waals surface area contributed by atoms with E-state index in [1.54, 1.807) is 17.0 Å². The van der Waals surface area contributed by atoms with E-state index in [-0.39, 0.29) is 5.91 Å². The Balaban J connectivity index is 2.41. The van der Waals surface area contributed by atoms with E-state index < -0.39 is 0 Å². The number of carbonyl (C=O) groups excluding carboxylic acids is 1. The third-order valence-corrected chi connectivity index (χ3v) is 4.21. The van der Waals surface area contributed by atoms with Crippen LogP contribution in [0.2, 0.25) is 5.02 Å². The summed E-state index contributed by atoms with van der Waals surface area (Å²) < 4.78 is 0.906. The number of aryl methyl sites for hydroxylation is 1. The van der Waals surface area contributed by atoms with Gasteiger partial charge in [0.1, 0.15) is 0 Å². The molecule has 0 N–H and O–H groups in total. The van der Waals surface area contributed by atoms with E-state index in [9.17, 15) is 4.79 Å². The van der Waals surface area contributed by atoms with Crippen molar-refractivity contribution < 1.29 is 4.79 Å². The van der Waals surface area contributed by atoms with Crippen molar-refractivity contribution in [3.8, 4) is 0 Å². The van der Waals surface area contributed by atoms with Gasteiger partial charge < -0.3 is 4.90 Å². The molecule has 104 valence electrons. The van der Waals surface area contributed by atoms with Crippen LogP contribution in [0.1, 0.15) is 22.8 Å². The van der Waals surface area contributed by atoms with Gasteiger partial charge in [-0.15, -0.1) is 0 Å². The first-order valence-electron chi connectivity index (χ1n) is 6.36. The van der Waals surface area contributed by atoms with Gasteiger partial charge in [-0.05, 0) is 72.3 Å². The van der Waals surface area contributed by atoms with Gasteiger partial charge in [0.05, 0.1) is 5.56 Å². The number of hydrogen-bond acceptors (Lipinski definition) is 1. The maximum absolute atomic E-state index is 12.7. The Labute approximate surface area is 137 Å². The van der Waals surface area contributed by atoms with E-state index in [2.05, 4.69) is 22.6 Å². The number of halogens is 2. The largest absolute Gasteiger partial charge is 0.309 e. The molecule has 1 amide bonds. The van der Waals surface area contributed by atoms with Crippen LogP contribution in [0.4, 0.5) is 5.69 Å². The van der Waals surface area contributed by atoms with Crippen molar-refractivity contribution >= 4 is 45.8 Å². The minimum absolute atomic E-state index is 0.0231. The number of carbonyl (C=O) groups is 1. The zero-order valence-corrected chi connectivity index (χ0v) is 14.3. The molecule has 0 aliphatic carbocycles. The fourth-order valence-electron chi connectivity index (χ4n) is 2.05.